The van der Waals surface area contributed by atoms with Crippen LogP contribution in [-0.4, -0.2) is 37.2 Å². The molecule has 1 unspecified atom stereocenters. The first-order valence-electron chi connectivity index (χ1n) is 5.95. The first kappa shape index (κ1) is 15.4. The number of methoxy groups -OCH3 is 1. The summed E-state index contributed by atoms with van der Waals surface area (Å²) in [5.74, 6) is -0.879. The number of halogens is 1. The van der Waals surface area contributed by atoms with Gasteiger partial charge in [0.2, 0.25) is 0 Å². The largest absolute Gasteiger partial charge is 0.496 e. The fourth-order valence-corrected chi connectivity index (χ4v) is 2.35. The summed E-state index contributed by atoms with van der Waals surface area (Å²) in [7, 11) is 5.01. The van der Waals surface area contributed by atoms with Crippen molar-refractivity contribution in [1.82, 2.24) is 4.90 Å². The molecule has 0 fully saturated rings. The number of aliphatic carboxylic acids is 1. The Morgan fingerprint density at radius 1 is 1.42 bits per heavy atom. The van der Waals surface area contributed by atoms with Crippen molar-refractivity contribution in [1.29, 1.82) is 0 Å². The summed E-state index contributed by atoms with van der Waals surface area (Å²) >= 11 is 0. The number of hydrogen-bond donors (Lipinski definition) is 1. The van der Waals surface area contributed by atoms with Gasteiger partial charge in [0.25, 0.3) is 0 Å². The highest BCUT2D eigenvalue weighted by molar-refractivity contribution is 5.75. The SMILES string of the molecule is COc1ccc(F)cc1C(N(C)C)C(C)(C)C(=O)O. The molecule has 0 aromatic heterocycles. The highest BCUT2D eigenvalue weighted by Crippen LogP contribution is 2.41. The zero-order valence-corrected chi connectivity index (χ0v) is 11.9. The molecule has 0 aliphatic carbocycles. The lowest BCUT2D eigenvalue weighted by molar-refractivity contribution is -0.150. The Balaban J connectivity index is 3.43. The Bertz CT molecular complexity index is 472. The standard InChI is InChI=1S/C14H20FNO3/c1-14(2,13(17)18)12(16(3)4)10-8-9(15)6-7-11(10)19-5/h6-8,12H,1-5H3,(H,17,18). The van der Waals surface area contributed by atoms with Gasteiger partial charge in [0.05, 0.1) is 18.6 Å². The average molecular weight is 269 g/mol. The van der Waals surface area contributed by atoms with Crippen molar-refractivity contribution in [3.63, 3.8) is 0 Å². The van der Waals surface area contributed by atoms with Crippen LogP contribution in [0.25, 0.3) is 0 Å². The number of rotatable bonds is 5. The molecular weight excluding hydrogens is 249 g/mol. The summed E-state index contributed by atoms with van der Waals surface area (Å²) in [5.41, 5.74) is -0.551. The van der Waals surface area contributed by atoms with Crippen LogP contribution < -0.4 is 4.74 Å². The van der Waals surface area contributed by atoms with E-state index in [-0.39, 0.29) is 0 Å². The topological polar surface area (TPSA) is 49.8 Å². The van der Waals surface area contributed by atoms with E-state index >= 15 is 0 Å². The monoisotopic (exact) mass is 269 g/mol. The van der Waals surface area contributed by atoms with Gasteiger partial charge in [-0.3, -0.25) is 4.79 Å². The van der Waals surface area contributed by atoms with Crippen LogP contribution >= 0.6 is 0 Å². The molecule has 0 aliphatic rings. The van der Waals surface area contributed by atoms with Gasteiger partial charge >= 0.3 is 5.97 Å². The second-order valence-corrected chi connectivity index (χ2v) is 5.28. The molecule has 1 rings (SSSR count). The van der Waals surface area contributed by atoms with E-state index < -0.39 is 23.2 Å². The van der Waals surface area contributed by atoms with Gasteiger partial charge < -0.3 is 14.7 Å². The van der Waals surface area contributed by atoms with Crippen molar-refractivity contribution in [2.75, 3.05) is 21.2 Å². The molecule has 0 saturated carbocycles. The fourth-order valence-electron chi connectivity index (χ4n) is 2.35. The van der Waals surface area contributed by atoms with Gasteiger partial charge in [-0.25, -0.2) is 4.39 Å². The summed E-state index contributed by atoms with van der Waals surface area (Å²) in [6, 6.07) is 3.63. The number of carbonyl (C=O) groups is 1. The van der Waals surface area contributed by atoms with Crippen LogP contribution in [0.5, 0.6) is 5.75 Å². The van der Waals surface area contributed by atoms with Gasteiger partial charge in [0.1, 0.15) is 11.6 Å². The first-order valence-corrected chi connectivity index (χ1v) is 5.95. The Hall–Kier alpha value is -1.62. The molecule has 0 saturated heterocycles. The van der Waals surface area contributed by atoms with Crippen molar-refractivity contribution in [3.05, 3.63) is 29.6 Å². The van der Waals surface area contributed by atoms with Crippen LogP contribution in [0.4, 0.5) is 4.39 Å². The molecule has 1 aromatic carbocycles. The smallest absolute Gasteiger partial charge is 0.311 e. The predicted molar refractivity (Wildman–Crippen MR) is 70.8 cm³/mol. The highest BCUT2D eigenvalue weighted by atomic mass is 19.1. The Morgan fingerprint density at radius 3 is 2.42 bits per heavy atom. The van der Waals surface area contributed by atoms with Crippen molar-refractivity contribution < 1.29 is 19.0 Å². The number of carboxylic acids is 1. The molecule has 1 aromatic rings. The van der Waals surface area contributed by atoms with E-state index in [1.165, 1.54) is 25.3 Å². The number of hydrogen-bond acceptors (Lipinski definition) is 3. The minimum Gasteiger partial charge on any atom is -0.496 e. The van der Waals surface area contributed by atoms with Gasteiger partial charge in [0, 0.05) is 5.56 Å². The summed E-state index contributed by atoms with van der Waals surface area (Å²) in [5, 5.41) is 9.39. The summed E-state index contributed by atoms with van der Waals surface area (Å²) in [6.07, 6.45) is 0. The van der Waals surface area contributed by atoms with E-state index in [0.29, 0.717) is 11.3 Å². The molecule has 0 amide bonds. The quantitative estimate of drug-likeness (QED) is 0.892. The maximum atomic E-state index is 13.5. The number of carboxylic acid groups (broad SMARTS) is 1. The second-order valence-electron chi connectivity index (χ2n) is 5.28. The molecule has 106 valence electrons. The van der Waals surface area contributed by atoms with Gasteiger partial charge in [-0.1, -0.05) is 0 Å². The number of ether oxygens (including phenoxy) is 1. The summed E-state index contributed by atoms with van der Waals surface area (Å²) in [6.45, 7) is 3.23. The molecule has 0 radical (unpaired) electrons. The summed E-state index contributed by atoms with van der Waals surface area (Å²) in [4.78, 5) is 13.2. The Kier molecular flexibility index (Phi) is 4.52. The van der Waals surface area contributed by atoms with Crippen molar-refractivity contribution in [2.45, 2.75) is 19.9 Å². The zero-order valence-electron chi connectivity index (χ0n) is 11.9. The lowest BCUT2D eigenvalue weighted by Crippen LogP contribution is -2.39. The molecule has 19 heavy (non-hydrogen) atoms. The highest BCUT2D eigenvalue weighted by Gasteiger charge is 2.40. The zero-order chi connectivity index (χ0) is 14.8. The predicted octanol–water partition coefficient (Wildman–Crippen LogP) is 2.55. The van der Waals surface area contributed by atoms with E-state index in [9.17, 15) is 14.3 Å². The van der Waals surface area contributed by atoms with Crippen LogP contribution in [0.2, 0.25) is 0 Å². The van der Waals surface area contributed by atoms with Gasteiger partial charge in [-0.2, -0.15) is 0 Å². The minimum atomic E-state index is -1.08. The maximum Gasteiger partial charge on any atom is 0.311 e. The lowest BCUT2D eigenvalue weighted by atomic mass is 9.79. The van der Waals surface area contributed by atoms with Crippen molar-refractivity contribution in [3.8, 4) is 5.75 Å². The summed E-state index contributed by atoms with van der Waals surface area (Å²) < 4.78 is 18.7. The second kappa shape index (κ2) is 5.57. The lowest BCUT2D eigenvalue weighted by Gasteiger charge is -2.36. The van der Waals surface area contributed by atoms with Crippen LogP contribution in [-0.2, 0) is 4.79 Å². The van der Waals surface area contributed by atoms with Crippen LogP contribution in [0.1, 0.15) is 25.5 Å². The van der Waals surface area contributed by atoms with Gasteiger partial charge in [0.15, 0.2) is 0 Å². The van der Waals surface area contributed by atoms with Crippen molar-refractivity contribution >= 4 is 5.97 Å². The molecule has 0 spiro atoms. The minimum absolute atomic E-state index is 0.413. The van der Waals surface area contributed by atoms with E-state index in [1.807, 2.05) is 0 Å². The number of nitrogens with zero attached hydrogens (tertiary/aromatic N) is 1. The first-order chi connectivity index (χ1) is 8.71. The van der Waals surface area contributed by atoms with Gasteiger partial charge in [-0.05, 0) is 46.1 Å². The Morgan fingerprint density at radius 2 is 2.00 bits per heavy atom. The van der Waals surface area contributed by atoms with Crippen LogP contribution in [0.3, 0.4) is 0 Å². The van der Waals surface area contributed by atoms with Crippen LogP contribution in [0, 0.1) is 11.2 Å². The third-order valence-corrected chi connectivity index (χ3v) is 3.24. The molecule has 5 heteroatoms. The maximum absolute atomic E-state index is 13.5. The van der Waals surface area contributed by atoms with Crippen molar-refractivity contribution in [2.24, 2.45) is 5.41 Å². The third-order valence-electron chi connectivity index (χ3n) is 3.24. The van der Waals surface area contributed by atoms with Gasteiger partial charge in [-0.15, -0.1) is 0 Å². The average Bonchev–Trinajstić information content (AvgIpc) is 2.28. The molecule has 0 heterocycles. The molecule has 0 aliphatic heterocycles. The Labute approximate surface area is 112 Å². The van der Waals surface area contributed by atoms with E-state index in [4.69, 9.17) is 4.74 Å². The molecule has 1 N–H and O–H groups in total. The van der Waals surface area contributed by atoms with E-state index in [2.05, 4.69) is 0 Å². The molecule has 0 bridgehead atoms. The molecular formula is C14H20FNO3. The number of benzene rings is 1. The molecule has 1 atom stereocenters. The van der Waals surface area contributed by atoms with Crippen LogP contribution in [0.15, 0.2) is 18.2 Å². The normalized spacial score (nSPS) is 13.4. The molecule has 4 nitrogen and oxygen atoms in total. The third kappa shape index (κ3) is 3.04. The fraction of sp³-hybridized carbons (Fsp3) is 0.500. The van der Waals surface area contributed by atoms with E-state index in [0.717, 1.165) is 0 Å². The van der Waals surface area contributed by atoms with E-state index in [1.54, 1.807) is 32.8 Å².